The molecule has 2 aromatic carbocycles. The molecule has 2 heteroatoms. The molecule has 0 amide bonds. The maximum Gasteiger partial charge on any atom is 0.0535 e. The molecule has 1 nitrogen and oxygen atoms in total. The van der Waals surface area contributed by atoms with Gasteiger partial charge in [0.2, 0.25) is 0 Å². The Bertz CT molecular complexity index is 896. The fraction of sp³-hybridized carbons (Fsp3) is 0.333. The summed E-state index contributed by atoms with van der Waals surface area (Å²) in [7, 11) is -0.342. The monoisotopic (exact) mass is 321 g/mol. The first-order valence-corrected chi connectivity index (χ1v) is 9.67. The summed E-state index contributed by atoms with van der Waals surface area (Å²) in [6.07, 6.45) is 0. The van der Waals surface area contributed by atoms with E-state index in [4.69, 9.17) is 0 Å². The van der Waals surface area contributed by atoms with Crippen LogP contribution in [0.1, 0.15) is 40.2 Å². The Kier molecular flexibility index (Phi) is 3.06. The second-order valence-corrected chi connectivity index (χ2v) is 11.6. The third-order valence-corrected chi connectivity index (χ3v) is 8.44. The summed E-state index contributed by atoms with van der Waals surface area (Å²) in [5.74, 6) is 0. The van der Waals surface area contributed by atoms with E-state index in [1.54, 1.807) is 0 Å². The number of fused-ring (bicyclic) bond motifs is 5. The highest BCUT2D eigenvalue weighted by Gasteiger charge is 2.46. The van der Waals surface area contributed by atoms with Crippen LogP contribution in [0.4, 0.5) is 0 Å². The van der Waals surface area contributed by atoms with Crippen molar-refractivity contribution in [3.8, 4) is 5.69 Å². The van der Waals surface area contributed by atoms with Gasteiger partial charge in [0.05, 0.1) is 11.2 Å². The van der Waals surface area contributed by atoms with E-state index in [1.165, 1.54) is 27.6 Å². The Hall–Kier alpha value is -1.59. The quantitative estimate of drug-likeness (QED) is 0.462. The van der Waals surface area contributed by atoms with Crippen LogP contribution in [0.3, 0.4) is 0 Å². The molecule has 0 radical (unpaired) electrons. The molecule has 1 aliphatic rings. The Balaban J connectivity index is 2.16. The number of aromatic nitrogens is 1. The lowest BCUT2D eigenvalue weighted by Gasteiger charge is -2.48. The van der Waals surface area contributed by atoms with E-state index in [-0.39, 0.29) is 18.2 Å². The van der Waals surface area contributed by atoms with Crippen molar-refractivity contribution in [2.45, 2.75) is 44.9 Å². The number of hydrogen-bond donors (Lipinski definition) is 0. The lowest BCUT2D eigenvalue weighted by Crippen LogP contribution is -2.38. The average Bonchev–Trinajstić information content (AvgIpc) is 2.83. The minimum atomic E-state index is -0.342. The van der Waals surface area contributed by atoms with Gasteiger partial charge in [0.25, 0.3) is 0 Å². The van der Waals surface area contributed by atoms with E-state index in [2.05, 4.69) is 93.8 Å². The molecule has 0 aliphatic carbocycles. The molecular weight excluding hydrogens is 297 g/mol. The van der Waals surface area contributed by atoms with Crippen LogP contribution in [0.2, 0.25) is 0 Å². The number of para-hydroxylation sites is 2. The smallest absolute Gasteiger partial charge is 0.0535 e. The van der Waals surface area contributed by atoms with Gasteiger partial charge >= 0.3 is 0 Å². The molecule has 0 spiro atoms. The predicted molar refractivity (Wildman–Crippen MR) is 103 cm³/mol. The summed E-state index contributed by atoms with van der Waals surface area (Å²) in [5, 5.41) is 1.79. The molecule has 1 aromatic heterocycles. The Morgan fingerprint density at radius 3 is 2.30 bits per heavy atom. The van der Waals surface area contributed by atoms with Gasteiger partial charge in [-0.05, 0) is 36.8 Å². The van der Waals surface area contributed by atoms with Gasteiger partial charge < -0.3 is 4.57 Å². The third-order valence-electron chi connectivity index (χ3n) is 4.95. The van der Waals surface area contributed by atoms with Crippen LogP contribution in [0, 0.1) is 0 Å². The molecule has 3 aromatic rings. The van der Waals surface area contributed by atoms with Gasteiger partial charge in [-0.3, -0.25) is 0 Å². The molecule has 0 bridgehead atoms. The lowest BCUT2D eigenvalue weighted by atomic mass is 9.99. The first-order valence-electron chi connectivity index (χ1n) is 8.32. The fourth-order valence-corrected chi connectivity index (χ4v) is 8.38. The van der Waals surface area contributed by atoms with Gasteiger partial charge in [0.15, 0.2) is 0 Å². The molecule has 4 rings (SSSR count). The molecule has 1 unspecified atom stereocenters. The van der Waals surface area contributed by atoms with Crippen LogP contribution in [-0.2, 0) is 5.16 Å². The van der Waals surface area contributed by atoms with Crippen LogP contribution in [0.25, 0.3) is 16.6 Å². The van der Waals surface area contributed by atoms with Crippen molar-refractivity contribution in [2.24, 2.45) is 0 Å². The molecule has 0 saturated carbocycles. The summed E-state index contributed by atoms with van der Waals surface area (Å²) >= 11 is 0. The largest absolute Gasteiger partial charge is 0.309 e. The standard InChI is InChI=1S/C21H24NP/c1-20(2,3)23-19-14-15-10-6-8-12-17(15)22(19)18-13-9-7-11-16(18)21(23,4)5/h6-14H,1-5H3. The highest BCUT2D eigenvalue weighted by molar-refractivity contribution is 7.68. The molecule has 0 fully saturated rings. The van der Waals surface area contributed by atoms with Crippen LogP contribution in [0.5, 0.6) is 0 Å². The van der Waals surface area contributed by atoms with Crippen molar-refractivity contribution in [2.75, 3.05) is 0 Å². The zero-order valence-electron chi connectivity index (χ0n) is 14.6. The van der Waals surface area contributed by atoms with Gasteiger partial charge in [-0.1, -0.05) is 71.0 Å². The summed E-state index contributed by atoms with van der Waals surface area (Å²) in [6, 6.07) is 20.2. The number of hydrogen-bond acceptors (Lipinski definition) is 0. The second kappa shape index (κ2) is 4.71. The van der Waals surface area contributed by atoms with Gasteiger partial charge in [-0.25, -0.2) is 0 Å². The molecule has 2 heterocycles. The zero-order chi connectivity index (χ0) is 16.4. The first kappa shape index (κ1) is 15.0. The van der Waals surface area contributed by atoms with Crippen LogP contribution < -0.4 is 5.44 Å². The van der Waals surface area contributed by atoms with Crippen LogP contribution in [-0.4, -0.2) is 9.72 Å². The zero-order valence-corrected chi connectivity index (χ0v) is 15.5. The molecule has 1 aliphatic heterocycles. The summed E-state index contributed by atoms with van der Waals surface area (Å²) in [6.45, 7) is 12.1. The molecule has 0 N–H and O–H groups in total. The second-order valence-electron chi connectivity index (χ2n) is 7.98. The minimum absolute atomic E-state index is 0.175. The van der Waals surface area contributed by atoms with Crippen molar-refractivity contribution in [3.05, 3.63) is 60.2 Å². The van der Waals surface area contributed by atoms with E-state index in [9.17, 15) is 0 Å². The van der Waals surface area contributed by atoms with Crippen molar-refractivity contribution >= 4 is 24.3 Å². The number of benzene rings is 2. The van der Waals surface area contributed by atoms with Crippen molar-refractivity contribution < 1.29 is 0 Å². The van der Waals surface area contributed by atoms with Crippen molar-refractivity contribution in [1.82, 2.24) is 4.57 Å². The summed E-state index contributed by atoms with van der Waals surface area (Å²) < 4.78 is 2.52. The number of rotatable bonds is 0. The van der Waals surface area contributed by atoms with Crippen molar-refractivity contribution in [1.29, 1.82) is 0 Å². The van der Waals surface area contributed by atoms with E-state index < -0.39 is 0 Å². The molecule has 0 saturated heterocycles. The van der Waals surface area contributed by atoms with Crippen molar-refractivity contribution in [3.63, 3.8) is 0 Å². The molecule has 118 valence electrons. The van der Waals surface area contributed by atoms with Gasteiger partial charge in [-0.2, -0.15) is 0 Å². The molecule has 1 atom stereocenters. The van der Waals surface area contributed by atoms with Crippen LogP contribution in [0.15, 0.2) is 54.6 Å². The summed E-state index contributed by atoms with van der Waals surface area (Å²) in [5.41, 5.74) is 5.69. The van der Waals surface area contributed by atoms with E-state index in [1.807, 2.05) is 0 Å². The Labute approximate surface area is 140 Å². The van der Waals surface area contributed by atoms with E-state index >= 15 is 0 Å². The Morgan fingerprint density at radius 1 is 0.913 bits per heavy atom. The number of nitrogens with zero attached hydrogens (tertiary/aromatic N) is 1. The maximum absolute atomic E-state index is 2.52. The summed E-state index contributed by atoms with van der Waals surface area (Å²) in [4.78, 5) is 0. The molecular formula is C21H24NP. The fourth-order valence-electron chi connectivity index (χ4n) is 4.33. The highest BCUT2D eigenvalue weighted by atomic mass is 31.1. The topological polar surface area (TPSA) is 4.93 Å². The minimum Gasteiger partial charge on any atom is -0.309 e. The lowest BCUT2D eigenvalue weighted by molar-refractivity contribution is 0.689. The third kappa shape index (κ3) is 2.03. The molecule has 23 heavy (non-hydrogen) atoms. The maximum atomic E-state index is 2.52. The normalized spacial score (nSPS) is 19.4. The van der Waals surface area contributed by atoms with Gasteiger partial charge in [-0.15, -0.1) is 0 Å². The SMILES string of the molecule is CC(C)(C)P1c2cc3ccccc3n2-c2ccccc2C1(C)C. The first-order chi connectivity index (χ1) is 10.8. The Morgan fingerprint density at radius 2 is 1.57 bits per heavy atom. The van der Waals surface area contributed by atoms with E-state index in [0.717, 1.165) is 0 Å². The highest BCUT2D eigenvalue weighted by Crippen LogP contribution is 2.66. The average molecular weight is 321 g/mol. The van der Waals surface area contributed by atoms with E-state index in [0.29, 0.717) is 0 Å². The van der Waals surface area contributed by atoms with Crippen LogP contribution >= 0.6 is 7.92 Å². The van der Waals surface area contributed by atoms with Gasteiger partial charge in [0, 0.05) is 16.0 Å². The van der Waals surface area contributed by atoms with Gasteiger partial charge in [0.1, 0.15) is 0 Å². The predicted octanol–water partition coefficient (Wildman–Crippen LogP) is 5.78.